The van der Waals surface area contributed by atoms with E-state index in [1.165, 1.54) is 6.07 Å². The maximum Gasteiger partial charge on any atom is 0.251 e. The summed E-state index contributed by atoms with van der Waals surface area (Å²) in [6, 6.07) is 12.6. The number of aromatic nitrogens is 1. The van der Waals surface area contributed by atoms with Crippen LogP contribution in [0.25, 0.3) is 11.1 Å². The number of nitrogens with two attached hydrogens (primary N) is 1. The SMILES string of the molecule is CCCCc1c(-c2ccc3c(c2)OCCO3)c(C(N)=O)c(C)n1CCc1ccccc1F. The fourth-order valence-corrected chi connectivity index (χ4v) is 4.45. The van der Waals surface area contributed by atoms with E-state index in [0.717, 1.165) is 41.8 Å². The first-order valence-corrected chi connectivity index (χ1v) is 11.2. The summed E-state index contributed by atoms with van der Waals surface area (Å²) in [6.45, 7) is 5.63. The molecule has 32 heavy (non-hydrogen) atoms. The van der Waals surface area contributed by atoms with Crippen LogP contribution in [0.1, 0.15) is 47.1 Å². The molecule has 1 aliphatic rings. The summed E-state index contributed by atoms with van der Waals surface area (Å²) >= 11 is 0. The number of benzene rings is 2. The van der Waals surface area contributed by atoms with Gasteiger partial charge in [0.1, 0.15) is 19.0 Å². The highest BCUT2D eigenvalue weighted by molar-refractivity contribution is 6.02. The van der Waals surface area contributed by atoms with Crippen LogP contribution in [0.5, 0.6) is 11.5 Å². The third-order valence-electron chi connectivity index (χ3n) is 6.04. The van der Waals surface area contributed by atoms with Gasteiger partial charge in [-0.2, -0.15) is 0 Å². The molecule has 0 spiro atoms. The quantitative estimate of drug-likeness (QED) is 0.537. The second-order valence-corrected chi connectivity index (χ2v) is 8.10. The zero-order valence-electron chi connectivity index (χ0n) is 18.6. The summed E-state index contributed by atoms with van der Waals surface area (Å²) in [4.78, 5) is 12.6. The first kappa shape index (κ1) is 21.9. The molecule has 6 heteroatoms. The van der Waals surface area contributed by atoms with Crippen molar-refractivity contribution in [2.24, 2.45) is 5.73 Å². The van der Waals surface area contributed by atoms with Crippen molar-refractivity contribution in [1.82, 2.24) is 4.57 Å². The molecule has 2 N–H and O–H groups in total. The normalized spacial score (nSPS) is 12.7. The number of rotatable bonds is 8. The summed E-state index contributed by atoms with van der Waals surface area (Å²) < 4.78 is 27.8. The molecule has 0 saturated heterocycles. The molecular formula is C26H29FN2O3. The molecular weight excluding hydrogens is 407 g/mol. The van der Waals surface area contributed by atoms with E-state index in [4.69, 9.17) is 15.2 Å². The van der Waals surface area contributed by atoms with Gasteiger partial charge in [-0.1, -0.05) is 37.6 Å². The Morgan fingerprint density at radius 3 is 2.56 bits per heavy atom. The molecule has 2 heterocycles. The lowest BCUT2D eigenvalue weighted by molar-refractivity contribution is 0.1000. The van der Waals surface area contributed by atoms with Gasteiger partial charge in [0.05, 0.1) is 5.56 Å². The van der Waals surface area contributed by atoms with Crippen molar-refractivity contribution in [2.45, 2.75) is 46.1 Å². The fraction of sp³-hybridized carbons (Fsp3) is 0.346. The monoisotopic (exact) mass is 436 g/mol. The van der Waals surface area contributed by atoms with Crippen LogP contribution < -0.4 is 15.2 Å². The minimum atomic E-state index is -0.463. The van der Waals surface area contributed by atoms with Gasteiger partial charge in [-0.3, -0.25) is 4.79 Å². The zero-order valence-corrected chi connectivity index (χ0v) is 18.6. The molecule has 0 bridgehead atoms. The molecule has 4 rings (SSSR count). The van der Waals surface area contributed by atoms with Crippen LogP contribution in [0.3, 0.4) is 0 Å². The molecule has 0 fully saturated rings. The molecule has 1 aromatic heterocycles. The standard InChI is InChI=1S/C26H29FN2O3/c1-3-4-9-21-25(19-10-11-22-23(16-19)32-15-14-31-22)24(26(28)30)17(2)29(21)13-12-18-7-5-6-8-20(18)27/h5-8,10-11,16H,3-4,9,12-15H2,1-2H3,(H2,28,30). The summed E-state index contributed by atoms with van der Waals surface area (Å²) in [6.07, 6.45) is 3.31. The van der Waals surface area contributed by atoms with Crippen LogP contribution in [0, 0.1) is 12.7 Å². The zero-order chi connectivity index (χ0) is 22.7. The topological polar surface area (TPSA) is 66.5 Å². The van der Waals surface area contributed by atoms with Crippen molar-refractivity contribution in [2.75, 3.05) is 13.2 Å². The summed E-state index contributed by atoms with van der Waals surface area (Å²) in [5, 5.41) is 0. The van der Waals surface area contributed by atoms with E-state index in [1.54, 1.807) is 12.1 Å². The van der Waals surface area contributed by atoms with E-state index in [1.807, 2.05) is 31.2 Å². The predicted octanol–water partition coefficient (Wildman–Crippen LogP) is 5.06. The number of nitrogens with zero attached hydrogens (tertiary/aromatic N) is 1. The number of unbranched alkanes of at least 4 members (excludes halogenated alkanes) is 1. The van der Waals surface area contributed by atoms with Crippen LogP contribution in [-0.4, -0.2) is 23.7 Å². The van der Waals surface area contributed by atoms with Crippen LogP contribution >= 0.6 is 0 Å². The smallest absolute Gasteiger partial charge is 0.251 e. The number of carbonyl (C=O) groups excluding carboxylic acids is 1. The number of halogens is 1. The lowest BCUT2D eigenvalue weighted by atomic mass is 9.97. The van der Waals surface area contributed by atoms with E-state index >= 15 is 0 Å². The maximum absolute atomic E-state index is 14.2. The van der Waals surface area contributed by atoms with Gasteiger partial charge in [0.2, 0.25) is 0 Å². The van der Waals surface area contributed by atoms with Gasteiger partial charge in [0.25, 0.3) is 5.91 Å². The first-order valence-electron chi connectivity index (χ1n) is 11.2. The van der Waals surface area contributed by atoms with Crippen LogP contribution in [0.2, 0.25) is 0 Å². The number of hydrogen-bond donors (Lipinski definition) is 1. The third-order valence-corrected chi connectivity index (χ3v) is 6.04. The van der Waals surface area contributed by atoms with Gasteiger partial charge in [-0.25, -0.2) is 4.39 Å². The molecule has 0 aliphatic carbocycles. The molecule has 0 atom stereocenters. The van der Waals surface area contributed by atoms with Crippen molar-refractivity contribution in [3.63, 3.8) is 0 Å². The fourth-order valence-electron chi connectivity index (χ4n) is 4.45. The maximum atomic E-state index is 14.2. The third kappa shape index (κ3) is 4.22. The average Bonchev–Trinajstić information content (AvgIpc) is 3.08. The Morgan fingerprint density at radius 2 is 1.84 bits per heavy atom. The van der Waals surface area contributed by atoms with Gasteiger partial charge in [-0.15, -0.1) is 0 Å². The Bertz CT molecular complexity index is 1140. The predicted molar refractivity (Wildman–Crippen MR) is 123 cm³/mol. The average molecular weight is 437 g/mol. The van der Waals surface area contributed by atoms with Gasteiger partial charge in [-0.05, 0) is 55.5 Å². The van der Waals surface area contributed by atoms with Crippen molar-refractivity contribution in [1.29, 1.82) is 0 Å². The lowest BCUT2D eigenvalue weighted by Crippen LogP contribution is -2.15. The molecule has 0 unspecified atom stereocenters. The van der Waals surface area contributed by atoms with Gasteiger partial charge in [0.15, 0.2) is 11.5 Å². The van der Waals surface area contributed by atoms with E-state index in [2.05, 4.69) is 11.5 Å². The molecule has 1 amide bonds. The van der Waals surface area contributed by atoms with E-state index in [-0.39, 0.29) is 5.82 Å². The summed E-state index contributed by atoms with van der Waals surface area (Å²) in [5.41, 5.74) is 10.6. The largest absolute Gasteiger partial charge is 0.486 e. The lowest BCUT2D eigenvalue weighted by Gasteiger charge is -2.19. The Kier molecular flexibility index (Phi) is 6.49. The molecule has 1 aliphatic heterocycles. The summed E-state index contributed by atoms with van der Waals surface area (Å²) in [7, 11) is 0. The number of carbonyl (C=O) groups is 1. The van der Waals surface area contributed by atoms with Crippen molar-refractivity contribution in [3.05, 3.63) is 70.8 Å². The van der Waals surface area contributed by atoms with Gasteiger partial charge < -0.3 is 19.8 Å². The minimum Gasteiger partial charge on any atom is -0.486 e. The van der Waals surface area contributed by atoms with E-state index in [0.29, 0.717) is 48.8 Å². The van der Waals surface area contributed by atoms with E-state index in [9.17, 15) is 9.18 Å². The Balaban J connectivity index is 1.81. The van der Waals surface area contributed by atoms with Crippen LogP contribution in [0.4, 0.5) is 4.39 Å². The van der Waals surface area contributed by atoms with Crippen molar-refractivity contribution >= 4 is 5.91 Å². The number of fused-ring (bicyclic) bond motifs is 1. The first-order chi connectivity index (χ1) is 15.5. The highest BCUT2D eigenvalue weighted by Gasteiger charge is 2.26. The highest BCUT2D eigenvalue weighted by atomic mass is 19.1. The second kappa shape index (κ2) is 9.47. The number of ether oxygens (including phenoxy) is 2. The van der Waals surface area contributed by atoms with Crippen LogP contribution in [0.15, 0.2) is 42.5 Å². The molecule has 168 valence electrons. The van der Waals surface area contributed by atoms with E-state index < -0.39 is 5.91 Å². The summed E-state index contributed by atoms with van der Waals surface area (Å²) in [5.74, 6) is 0.693. The number of amides is 1. The van der Waals surface area contributed by atoms with Crippen molar-refractivity contribution < 1.29 is 18.7 Å². The number of aryl methyl sites for hydroxylation is 1. The Morgan fingerprint density at radius 1 is 1.09 bits per heavy atom. The molecule has 2 aromatic carbocycles. The molecule has 0 radical (unpaired) electrons. The van der Waals surface area contributed by atoms with Crippen LogP contribution in [-0.2, 0) is 19.4 Å². The Hall–Kier alpha value is -3.28. The van der Waals surface area contributed by atoms with Gasteiger partial charge in [0, 0.05) is 23.5 Å². The molecule has 3 aromatic rings. The number of hydrogen-bond acceptors (Lipinski definition) is 3. The molecule has 0 saturated carbocycles. The highest BCUT2D eigenvalue weighted by Crippen LogP contribution is 2.39. The molecule has 5 nitrogen and oxygen atoms in total. The Labute approximate surface area is 188 Å². The number of primary amides is 1. The second-order valence-electron chi connectivity index (χ2n) is 8.10. The van der Waals surface area contributed by atoms with Gasteiger partial charge >= 0.3 is 0 Å². The van der Waals surface area contributed by atoms with Crippen molar-refractivity contribution in [3.8, 4) is 22.6 Å². The minimum absolute atomic E-state index is 0.213.